The SMILES string of the molecule is OCC(CN1CCN(C2CCCC2)CC1)NC1CC1. The molecule has 0 spiro atoms. The van der Waals surface area contributed by atoms with E-state index in [1.54, 1.807) is 0 Å². The third kappa shape index (κ3) is 3.91. The van der Waals surface area contributed by atoms with Crippen LogP contribution in [0.25, 0.3) is 0 Å². The van der Waals surface area contributed by atoms with E-state index in [4.69, 9.17) is 0 Å². The van der Waals surface area contributed by atoms with E-state index >= 15 is 0 Å². The smallest absolute Gasteiger partial charge is 0.0597 e. The number of nitrogens with zero attached hydrogens (tertiary/aromatic N) is 2. The highest BCUT2D eigenvalue weighted by molar-refractivity contribution is 4.87. The van der Waals surface area contributed by atoms with Gasteiger partial charge in [0.1, 0.15) is 0 Å². The molecule has 0 aromatic carbocycles. The summed E-state index contributed by atoms with van der Waals surface area (Å²) in [5.74, 6) is 0. The van der Waals surface area contributed by atoms with Crippen molar-refractivity contribution in [2.75, 3.05) is 39.3 Å². The van der Waals surface area contributed by atoms with Crippen LogP contribution in [0.15, 0.2) is 0 Å². The minimum absolute atomic E-state index is 0.277. The van der Waals surface area contributed by atoms with Gasteiger partial charge in [0.25, 0.3) is 0 Å². The molecular formula is C15H29N3O. The van der Waals surface area contributed by atoms with E-state index in [1.807, 2.05) is 0 Å². The van der Waals surface area contributed by atoms with Gasteiger partial charge in [-0.15, -0.1) is 0 Å². The van der Waals surface area contributed by atoms with Crippen molar-refractivity contribution in [3.8, 4) is 0 Å². The monoisotopic (exact) mass is 267 g/mol. The van der Waals surface area contributed by atoms with Crippen LogP contribution in [0.2, 0.25) is 0 Å². The van der Waals surface area contributed by atoms with E-state index in [2.05, 4.69) is 15.1 Å². The minimum atomic E-state index is 0.277. The second kappa shape index (κ2) is 6.53. The lowest BCUT2D eigenvalue weighted by atomic mass is 10.1. The molecule has 2 N–H and O–H groups in total. The van der Waals surface area contributed by atoms with Gasteiger partial charge in [0, 0.05) is 50.8 Å². The van der Waals surface area contributed by atoms with Gasteiger partial charge in [0.05, 0.1) is 6.61 Å². The molecule has 1 unspecified atom stereocenters. The van der Waals surface area contributed by atoms with Gasteiger partial charge in [0.2, 0.25) is 0 Å². The Morgan fingerprint density at radius 1 is 1.00 bits per heavy atom. The molecule has 4 nitrogen and oxygen atoms in total. The first-order valence-corrected chi connectivity index (χ1v) is 8.18. The second-order valence-corrected chi connectivity index (χ2v) is 6.60. The zero-order chi connectivity index (χ0) is 13.1. The van der Waals surface area contributed by atoms with Crippen molar-refractivity contribution in [3.05, 3.63) is 0 Å². The maximum atomic E-state index is 9.46. The number of hydrogen-bond acceptors (Lipinski definition) is 4. The lowest BCUT2D eigenvalue weighted by Gasteiger charge is -2.39. The number of nitrogens with one attached hydrogen (secondary N) is 1. The summed E-state index contributed by atoms with van der Waals surface area (Å²) in [4.78, 5) is 5.23. The van der Waals surface area contributed by atoms with E-state index in [9.17, 15) is 5.11 Å². The van der Waals surface area contributed by atoms with Gasteiger partial charge in [-0.2, -0.15) is 0 Å². The molecule has 1 aliphatic heterocycles. The van der Waals surface area contributed by atoms with Crippen molar-refractivity contribution in [1.29, 1.82) is 0 Å². The van der Waals surface area contributed by atoms with Crippen LogP contribution < -0.4 is 5.32 Å². The Morgan fingerprint density at radius 3 is 2.26 bits per heavy atom. The summed E-state index contributed by atoms with van der Waals surface area (Å²) >= 11 is 0. The maximum Gasteiger partial charge on any atom is 0.0597 e. The van der Waals surface area contributed by atoms with Crippen molar-refractivity contribution in [3.63, 3.8) is 0 Å². The lowest BCUT2D eigenvalue weighted by Crippen LogP contribution is -2.53. The molecule has 2 saturated carbocycles. The largest absolute Gasteiger partial charge is 0.395 e. The summed E-state index contributed by atoms with van der Waals surface area (Å²) < 4.78 is 0. The molecule has 4 heteroatoms. The molecule has 0 radical (unpaired) electrons. The zero-order valence-electron chi connectivity index (χ0n) is 12.1. The summed E-state index contributed by atoms with van der Waals surface area (Å²) in [7, 11) is 0. The quantitative estimate of drug-likeness (QED) is 0.741. The summed E-state index contributed by atoms with van der Waals surface area (Å²) in [6.45, 7) is 6.11. The molecule has 110 valence electrons. The fourth-order valence-electron chi connectivity index (χ4n) is 3.64. The molecule has 2 aliphatic carbocycles. The normalized spacial score (nSPS) is 28.9. The van der Waals surface area contributed by atoms with E-state index in [0.29, 0.717) is 6.04 Å². The molecule has 3 aliphatic rings. The first-order valence-electron chi connectivity index (χ1n) is 8.18. The lowest BCUT2D eigenvalue weighted by molar-refractivity contribution is 0.0837. The molecule has 1 saturated heterocycles. The number of piperazine rings is 1. The average Bonchev–Trinajstić information content (AvgIpc) is 3.09. The predicted octanol–water partition coefficient (Wildman–Crippen LogP) is 0.660. The Labute approximate surface area is 117 Å². The molecule has 1 heterocycles. The van der Waals surface area contributed by atoms with Crippen LogP contribution in [0.5, 0.6) is 0 Å². The molecule has 0 aromatic heterocycles. The van der Waals surface area contributed by atoms with Crippen molar-refractivity contribution >= 4 is 0 Å². The van der Waals surface area contributed by atoms with E-state index < -0.39 is 0 Å². The summed E-state index contributed by atoms with van der Waals surface area (Å²) in [5, 5.41) is 13.0. The number of aliphatic hydroxyl groups is 1. The molecule has 0 aromatic rings. The van der Waals surface area contributed by atoms with Gasteiger partial charge in [-0.3, -0.25) is 9.80 Å². The van der Waals surface area contributed by atoms with Gasteiger partial charge in [-0.25, -0.2) is 0 Å². The molecule has 1 atom stereocenters. The first kappa shape index (κ1) is 13.8. The number of hydrogen-bond donors (Lipinski definition) is 2. The van der Waals surface area contributed by atoms with Crippen molar-refractivity contribution in [2.45, 2.75) is 56.7 Å². The highest BCUT2D eigenvalue weighted by Gasteiger charge is 2.28. The van der Waals surface area contributed by atoms with Crippen LogP contribution in [-0.4, -0.2) is 72.4 Å². The van der Waals surface area contributed by atoms with Crippen LogP contribution in [0.3, 0.4) is 0 Å². The van der Waals surface area contributed by atoms with Crippen molar-refractivity contribution < 1.29 is 5.11 Å². The van der Waals surface area contributed by atoms with Gasteiger partial charge >= 0.3 is 0 Å². The highest BCUT2D eigenvalue weighted by atomic mass is 16.3. The fraction of sp³-hybridized carbons (Fsp3) is 1.00. The Kier molecular flexibility index (Phi) is 4.74. The minimum Gasteiger partial charge on any atom is -0.395 e. The highest BCUT2D eigenvalue weighted by Crippen LogP contribution is 2.24. The molecule has 19 heavy (non-hydrogen) atoms. The van der Waals surface area contributed by atoms with Gasteiger partial charge in [-0.1, -0.05) is 12.8 Å². The molecule has 0 bridgehead atoms. The van der Waals surface area contributed by atoms with Crippen LogP contribution in [0.4, 0.5) is 0 Å². The average molecular weight is 267 g/mol. The van der Waals surface area contributed by atoms with Crippen LogP contribution in [-0.2, 0) is 0 Å². The van der Waals surface area contributed by atoms with Gasteiger partial charge < -0.3 is 10.4 Å². The molecule has 3 rings (SSSR count). The third-order valence-electron chi connectivity index (χ3n) is 5.00. The van der Waals surface area contributed by atoms with Crippen LogP contribution in [0.1, 0.15) is 38.5 Å². The Balaban J connectivity index is 1.38. The zero-order valence-corrected chi connectivity index (χ0v) is 12.1. The van der Waals surface area contributed by atoms with E-state index in [0.717, 1.165) is 12.6 Å². The van der Waals surface area contributed by atoms with Gasteiger partial charge in [-0.05, 0) is 25.7 Å². The molecule has 3 fully saturated rings. The number of aliphatic hydroxyl groups excluding tert-OH is 1. The van der Waals surface area contributed by atoms with E-state index in [1.165, 1.54) is 64.7 Å². The predicted molar refractivity (Wildman–Crippen MR) is 77.3 cm³/mol. The maximum absolute atomic E-state index is 9.46. The Hall–Kier alpha value is -0.160. The van der Waals surface area contributed by atoms with Crippen LogP contribution in [0, 0.1) is 0 Å². The first-order chi connectivity index (χ1) is 9.35. The number of rotatable bonds is 6. The summed E-state index contributed by atoms with van der Waals surface area (Å²) in [6, 6.07) is 1.85. The third-order valence-corrected chi connectivity index (χ3v) is 5.00. The topological polar surface area (TPSA) is 38.7 Å². The van der Waals surface area contributed by atoms with Crippen molar-refractivity contribution in [1.82, 2.24) is 15.1 Å². The molecular weight excluding hydrogens is 238 g/mol. The standard InChI is InChI=1S/C15H29N3O/c19-12-14(16-13-5-6-13)11-17-7-9-18(10-8-17)15-3-1-2-4-15/h13-16,19H,1-12H2. The van der Waals surface area contributed by atoms with E-state index in [-0.39, 0.29) is 12.6 Å². The fourth-order valence-corrected chi connectivity index (χ4v) is 3.64. The summed E-state index contributed by atoms with van der Waals surface area (Å²) in [6.07, 6.45) is 8.30. The Morgan fingerprint density at radius 2 is 1.68 bits per heavy atom. The second-order valence-electron chi connectivity index (χ2n) is 6.60. The van der Waals surface area contributed by atoms with Crippen LogP contribution >= 0.6 is 0 Å². The Bertz CT molecular complexity index is 269. The molecule has 0 amide bonds. The van der Waals surface area contributed by atoms with Crippen molar-refractivity contribution in [2.24, 2.45) is 0 Å². The van der Waals surface area contributed by atoms with Gasteiger partial charge in [0.15, 0.2) is 0 Å². The summed E-state index contributed by atoms with van der Waals surface area (Å²) in [5.41, 5.74) is 0.